The summed E-state index contributed by atoms with van der Waals surface area (Å²) in [5.41, 5.74) is 7.32. The van der Waals surface area contributed by atoms with Crippen molar-refractivity contribution in [2.45, 2.75) is 6.54 Å². The van der Waals surface area contributed by atoms with E-state index in [9.17, 15) is 0 Å². The molecule has 5 nitrogen and oxygen atoms in total. The molecule has 0 bridgehead atoms. The number of hydrogen-bond donors (Lipinski definition) is 1. The van der Waals surface area contributed by atoms with Gasteiger partial charge < -0.3 is 5.73 Å². The van der Waals surface area contributed by atoms with Crippen molar-refractivity contribution in [3.05, 3.63) is 42.9 Å². The van der Waals surface area contributed by atoms with Crippen molar-refractivity contribution in [1.82, 2.24) is 20.0 Å². The third kappa shape index (κ3) is 1.84. The van der Waals surface area contributed by atoms with Gasteiger partial charge in [0.05, 0.1) is 12.7 Å². The number of pyridine rings is 1. The molecule has 1 aromatic carbocycles. The Hall–Kier alpha value is -2.27. The molecule has 5 heteroatoms. The Morgan fingerprint density at radius 2 is 2.06 bits per heavy atom. The van der Waals surface area contributed by atoms with E-state index in [0.717, 1.165) is 22.0 Å². The molecular weight excluding hydrogens is 226 g/mol. The third-order valence-electron chi connectivity index (χ3n) is 2.84. The summed E-state index contributed by atoms with van der Waals surface area (Å²) < 4.78 is 1.75. The molecule has 0 saturated carbocycles. The number of fused-ring (bicyclic) bond motifs is 1. The van der Waals surface area contributed by atoms with Crippen molar-refractivity contribution in [3.63, 3.8) is 0 Å². The fourth-order valence-corrected chi connectivity index (χ4v) is 1.98. The molecule has 0 aliphatic heterocycles. The molecule has 0 spiro atoms. The number of rotatable bonds is 3. The van der Waals surface area contributed by atoms with Gasteiger partial charge in [-0.05, 0) is 5.39 Å². The monoisotopic (exact) mass is 239 g/mol. The summed E-state index contributed by atoms with van der Waals surface area (Å²) in [6, 6.07) is 8.11. The number of hydrogen-bond acceptors (Lipinski definition) is 4. The van der Waals surface area contributed by atoms with Gasteiger partial charge in [0.15, 0.2) is 0 Å². The van der Waals surface area contributed by atoms with E-state index in [1.807, 2.05) is 36.8 Å². The van der Waals surface area contributed by atoms with Crippen molar-refractivity contribution >= 4 is 10.8 Å². The summed E-state index contributed by atoms with van der Waals surface area (Å²) in [6.07, 6.45) is 5.57. The molecule has 0 aliphatic rings. The number of nitrogens with zero attached hydrogens (tertiary/aromatic N) is 4. The van der Waals surface area contributed by atoms with Crippen molar-refractivity contribution in [2.24, 2.45) is 5.73 Å². The molecule has 2 N–H and O–H groups in total. The molecule has 0 unspecified atom stereocenters. The first-order valence-corrected chi connectivity index (χ1v) is 5.82. The summed E-state index contributed by atoms with van der Waals surface area (Å²) in [5.74, 6) is 0. The zero-order chi connectivity index (χ0) is 12.4. The van der Waals surface area contributed by atoms with E-state index in [1.165, 1.54) is 0 Å². The predicted molar refractivity (Wildman–Crippen MR) is 69.8 cm³/mol. The van der Waals surface area contributed by atoms with Crippen molar-refractivity contribution in [1.29, 1.82) is 0 Å². The Labute approximate surface area is 104 Å². The van der Waals surface area contributed by atoms with Crippen LogP contribution in [0.15, 0.2) is 42.9 Å². The van der Waals surface area contributed by atoms with Crippen LogP contribution in [-0.4, -0.2) is 26.5 Å². The van der Waals surface area contributed by atoms with Gasteiger partial charge in [-0.15, -0.1) is 5.10 Å². The van der Waals surface area contributed by atoms with Crippen LogP contribution >= 0.6 is 0 Å². The lowest BCUT2D eigenvalue weighted by molar-refractivity contribution is 0.598. The van der Waals surface area contributed by atoms with Crippen LogP contribution in [0.1, 0.15) is 0 Å². The van der Waals surface area contributed by atoms with Gasteiger partial charge in [-0.2, -0.15) is 0 Å². The molecule has 2 heterocycles. The SMILES string of the molecule is NCCn1cc(-c2cncc3ccccc23)nn1. The molecule has 0 aliphatic carbocycles. The van der Waals surface area contributed by atoms with Gasteiger partial charge in [0.25, 0.3) is 0 Å². The predicted octanol–water partition coefficient (Wildman–Crippen LogP) is 1.45. The van der Waals surface area contributed by atoms with Crippen LogP contribution in [0.5, 0.6) is 0 Å². The Balaban J connectivity index is 2.12. The lowest BCUT2D eigenvalue weighted by Gasteiger charge is -2.01. The van der Waals surface area contributed by atoms with E-state index in [2.05, 4.69) is 21.4 Å². The largest absolute Gasteiger partial charge is 0.329 e. The first-order valence-electron chi connectivity index (χ1n) is 5.82. The van der Waals surface area contributed by atoms with E-state index >= 15 is 0 Å². The van der Waals surface area contributed by atoms with Crippen LogP contribution in [-0.2, 0) is 6.54 Å². The fourth-order valence-electron chi connectivity index (χ4n) is 1.98. The Morgan fingerprint density at radius 3 is 2.94 bits per heavy atom. The second kappa shape index (κ2) is 4.54. The second-order valence-corrected chi connectivity index (χ2v) is 4.06. The van der Waals surface area contributed by atoms with Crippen LogP contribution in [0.3, 0.4) is 0 Å². The fraction of sp³-hybridized carbons (Fsp3) is 0.154. The highest BCUT2D eigenvalue weighted by molar-refractivity contribution is 5.94. The second-order valence-electron chi connectivity index (χ2n) is 4.06. The maximum atomic E-state index is 5.50. The maximum absolute atomic E-state index is 5.50. The summed E-state index contributed by atoms with van der Waals surface area (Å²) in [6.45, 7) is 1.22. The molecule has 90 valence electrons. The third-order valence-corrected chi connectivity index (χ3v) is 2.84. The maximum Gasteiger partial charge on any atom is 0.115 e. The van der Waals surface area contributed by atoms with E-state index in [0.29, 0.717) is 13.1 Å². The minimum absolute atomic E-state index is 0.552. The van der Waals surface area contributed by atoms with E-state index in [-0.39, 0.29) is 0 Å². The molecule has 3 aromatic rings. The zero-order valence-electron chi connectivity index (χ0n) is 9.82. The average Bonchev–Trinajstić information content (AvgIpc) is 2.87. The number of nitrogens with two attached hydrogens (primary N) is 1. The molecule has 0 fully saturated rings. The van der Waals surface area contributed by atoms with Crippen LogP contribution < -0.4 is 5.73 Å². The van der Waals surface area contributed by atoms with Crippen LogP contribution in [0.4, 0.5) is 0 Å². The minimum atomic E-state index is 0.552. The van der Waals surface area contributed by atoms with Gasteiger partial charge in [0.2, 0.25) is 0 Å². The van der Waals surface area contributed by atoms with Gasteiger partial charge in [0, 0.05) is 29.9 Å². The average molecular weight is 239 g/mol. The quantitative estimate of drug-likeness (QED) is 0.751. The topological polar surface area (TPSA) is 69.6 Å². The highest BCUT2D eigenvalue weighted by Gasteiger charge is 2.07. The Morgan fingerprint density at radius 1 is 1.17 bits per heavy atom. The molecule has 0 radical (unpaired) electrons. The summed E-state index contributed by atoms with van der Waals surface area (Å²) in [5, 5.41) is 10.5. The molecular formula is C13H13N5. The molecule has 0 amide bonds. The Bertz CT molecular complexity index is 668. The highest BCUT2D eigenvalue weighted by atomic mass is 15.4. The van der Waals surface area contributed by atoms with Gasteiger partial charge in [-0.1, -0.05) is 29.5 Å². The normalized spacial score (nSPS) is 10.9. The van der Waals surface area contributed by atoms with Gasteiger partial charge in [-0.25, -0.2) is 0 Å². The van der Waals surface area contributed by atoms with Crippen molar-refractivity contribution in [3.8, 4) is 11.3 Å². The van der Waals surface area contributed by atoms with Crippen LogP contribution in [0.2, 0.25) is 0 Å². The van der Waals surface area contributed by atoms with E-state index < -0.39 is 0 Å². The van der Waals surface area contributed by atoms with Gasteiger partial charge >= 0.3 is 0 Å². The molecule has 0 saturated heterocycles. The smallest absolute Gasteiger partial charge is 0.115 e. The van der Waals surface area contributed by atoms with E-state index in [4.69, 9.17) is 5.73 Å². The van der Waals surface area contributed by atoms with Crippen molar-refractivity contribution < 1.29 is 0 Å². The summed E-state index contributed by atoms with van der Waals surface area (Å²) >= 11 is 0. The minimum Gasteiger partial charge on any atom is -0.329 e. The van der Waals surface area contributed by atoms with Gasteiger partial charge in [0.1, 0.15) is 5.69 Å². The van der Waals surface area contributed by atoms with Crippen LogP contribution in [0, 0.1) is 0 Å². The lowest BCUT2D eigenvalue weighted by Crippen LogP contribution is -2.10. The lowest BCUT2D eigenvalue weighted by atomic mass is 10.1. The summed E-state index contributed by atoms with van der Waals surface area (Å²) in [4.78, 5) is 4.24. The standard InChI is InChI=1S/C13H13N5/c14-5-6-18-9-13(16-17-18)12-8-15-7-10-3-1-2-4-11(10)12/h1-4,7-9H,5-6,14H2. The van der Waals surface area contributed by atoms with Gasteiger partial charge in [-0.3, -0.25) is 9.67 Å². The number of benzene rings is 1. The van der Waals surface area contributed by atoms with Crippen molar-refractivity contribution in [2.75, 3.05) is 6.54 Å². The number of aromatic nitrogens is 4. The first kappa shape index (κ1) is 10.9. The first-order chi connectivity index (χ1) is 8.88. The van der Waals surface area contributed by atoms with E-state index in [1.54, 1.807) is 4.68 Å². The highest BCUT2D eigenvalue weighted by Crippen LogP contribution is 2.25. The Kier molecular flexibility index (Phi) is 2.74. The molecule has 2 aromatic heterocycles. The zero-order valence-corrected chi connectivity index (χ0v) is 9.82. The summed E-state index contributed by atoms with van der Waals surface area (Å²) in [7, 11) is 0. The molecule has 0 atom stereocenters. The molecule has 3 rings (SSSR count). The van der Waals surface area contributed by atoms with Crippen LogP contribution in [0.25, 0.3) is 22.0 Å². The molecule has 18 heavy (non-hydrogen) atoms.